The Morgan fingerprint density at radius 1 is 1.06 bits per heavy atom. The molecule has 0 aliphatic heterocycles. The van der Waals surface area contributed by atoms with E-state index in [1.807, 2.05) is 24.3 Å². The number of benzene rings is 1. The lowest BCUT2D eigenvalue weighted by Gasteiger charge is -2.28. The van der Waals surface area contributed by atoms with Crippen LogP contribution < -0.4 is 10.6 Å². The molecule has 32 heavy (non-hydrogen) atoms. The van der Waals surface area contributed by atoms with E-state index in [1.54, 1.807) is 0 Å². The smallest absolute Gasteiger partial charge is 0.228 e. The van der Waals surface area contributed by atoms with Crippen molar-refractivity contribution in [3.05, 3.63) is 40.9 Å². The maximum Gasteiger partial charge on any atom is 0.228 e. The van der Waals surface area contributed by atoms with Crippen molar-refractivity contribution in [2.75, 3.05) is 25.0 Å². The number of carbonyl (C=O) groups is 2. The van der Waals surface area contributed by atoms with E-state index in [2.05, 4.69) is 64.4 Å². The van der Waals surface area contributed by atoms with Gasteiger partial charge in [0.2, 0.25) is 11.8 Å². The van der Waals surface area contributed by atoms with Crippen LogP contribution in [0.4, 0.5) is 5.69 Å². The highest BCUT2D eigenvalue weighted by Gasteiger charge is 2.69. The van der Waals surface area contributed by atoms with Crippen molar-refractivity contribution in [2.45, 2.75) is 52.5 Å². The first-order chi connectivity index (χ1) is 15.4. The number of rotatable bonds is 10. The van der Waals surface area contributed by atoms with Crippen molar-refractivity contribution < 1.29 is 9.59 Å². The fourth-order valence-electron chi connectivity index (χ4n) is 6.04. The van der Waals surface area contributed by atoms with E-state index in [4.69, 9.17) is 0 Å². The fourth-order valence-corrected chi connectivity index (χ4v) is 6.30. The zero-order valence-electron chi connectivity index (χ0n) is 19.4. The van der Waals surface area contributed by atoms with E-state index >= 15 is 0 Å². The molecule has 1 spiro atoms. The van der Waals surface area contributed by atoms with Gasteiger partial charge < -0.3 is 15.5 Å². The fraction of sp³-hybridized carbons (Fsp3) is 0.615. The molecule has 5 atom stereocenters. The molecule has 2 saturated carbocycles. The number of anilines is 1. The second-order valence-corrected chi connectivity index (χ2v) is 10.7. The van der Waals surface area contributed by atoms with E-state index in [0.29, 0.717) is 0 Å². The number of amides is 2. The van der Waals surface area contributed by atoms with Crippen LogP contribution in [0.15, 0.2) is 40.9 Å². The van der Waals surface area contributed by atoms with E-state index in [9.17, 15) is 9.59 Å². The van der Waals surface area contributed by atoms with Crippen LogP contribution in [-0.2, 0) is 9.59 Å². The molecule has 2 fully saturated rings. The van der Waals surface area contributed by atoms with Crippen LogP contribution in [0.2, 0.25) is 0 Å². The number of hydrogen-bond acceptors (Lipinski definition) is 3. The molecule has 6 heteroatoms. The van der Waals surface area contributed by atoms with Crippen LogP contribution >= 0.6 is 15.9 Å². The number of allylic oxidation sites excluding steroid dienone is 2. The van der Waals surface area contributed by atoms with Gasteiger partial charge in [-0.3, -0.25) is 9.59 Å². The standard InChI is InChI=1S/C26H36BrN3O2/c1-4-30(5-2)16-6-7-17(3)28-24(31)22-20-12-13-21(26(20)14-15-26)23(22)25(32)29-19-10-8-18(27)9-11-19/h8-13,17,20-23H,4-7,14-16H2,1-3H3,(H,28,31)(H,29,32)/t17?,20-,21+,22-,23-/m1/s1. The summed E-state index contributed by atoms with van der Waals surface area (Å²) in [4.78, 5) is 29.2. The second kappa shape index (κ2) is 9.68. The van der Waals surface area contributed by atoms with Gasteiger partial charge in [0.25, 0.3) is 0 Å². The molecule has 4 rings (SSSR count). The average Bonchev–Trinajstić information content (AvgIpc) is 3.44. The minimum Gasteiger partial charge on any atom is -0.353 e. The molecule has 2 bridgehead atoms. The Morgan fingerprint density at radius 3 is 2.22 bits per heavy atom. The van der Waals surface area contributed by atoms with Crippen molar-refractivity contribution in [3.8, 4) is 0 Å². The van der Waals surface area contributed by atoms with Gasteiger partial charge in [-0.25, -0.2) is 0 Å². The molecule has 1 unspecified atom stereocenters. The predicted octanol–water partition coefficient (Wildman–Crippen LogP) is 4.84. The average molecular weight is 502 g/mol. The molecule has 3 aliphatic carbocycles. The van der Waals surface area contributed by atoms with Crippen molar-refractivity contribution in [3.63, 3.8) is 0 Å². The number of carbonyl (C=O) groups excluding carboxylic acids is 2. The van der Waals surface area contributed by atoms with Gasteiger partial charge in [-0.15, -0.1) is 0 Å². The van der Waals surface area contributed by atoms with Crippen LogP contribution in [-0.4, -0.2) is 42.4 Å². The first-order valence-electron chi connectivity index (χ1n) is 12.2. The summed E-state index contributed by atoms with van der Waals surface area (Å²) in [5.74, 6) is -0.163. The Hall–Kier alpha value is -1.66. The zero-order chi connectivity index (χ0) is 22.9. The molecule has 174 valence electrons. The van der Waals surface area contributed by atoms with Crippen LogP contribution in [0.3, 0.4) is 0 Å². The Morgan fingerprint density at radius 2 is 1.66 bits per heavy atom. The summed E-state index contributed by atoms with van der Waals surface area (Å²) in [6.45, 7) is 9.64. The summed E-state index contributed by atoms with van der Waals surface area (Å²) in [6.07, 6.45) is 8.70. The zero-order valence-corrected chi connectivity index (χ0v) is 21.0. The molecule has 2 N–H and O–H groups in total. The SMILES string of the molecule is CCN(CC)CCCC(C)NC(=O)[C@H]1[C@H](C(=O)Nc2ccc(Br)cc2)[C@@H]2C=C[C@H]1C21CC1. The lowest BCUT2D eigenvalue weighted by Crippen LogP contribution is -2.45. The monoisotopic (exact) mass is 501 g/mol. The third-order valence-corrected chi connectivity index (χ3v) is 8.48. The normalized spacial score (nSPS) is 27.7. The van der Waals surface area contributed by atoms with Crippen LogP contribution in [0.1, 0.15) is 46.5 Å². The van der Waals surface area contributed by atoms with Crippen molar-refractivity contribution in [2.24, 2.45) is 29.1 Å². The summed E-state index contributed by atoms with van der Waals surface area (Å²) in [6, 6.07) is 7.74. The maximum atomic E-state index is 13.4. The van der Waals surface area contributed by atoms with E-state index in [-0.39, 0.29) is 46.9 Å². The lowest BCUT2D eigenvalue weighted by atomic mass is 9.81. The third kappa shape index (κ3) is 4.54. The minimum absolute atomic E-state index is 0.0233. The van der Waals surface area contributed by atoms with Crippen LogP contribution in [0, 0.1) is 29.1 Å². The van der Waals surface area contributed by atoms with Gasteiger partial charge >= 0.3 is 0 Å². The van der Waals surface area contributed by atoms with E-state index < -0.39 is 0 Å². The second-order valence-electron chi connectivity index (χ2n) is 9.80. The van der Waals surface area contributed by atoms with Crippen LogP contribution in [0.25, 0.3) is 0 Å². The topological polar surface area (TPSA) is 61.4 Å². The van der Waals surface area contributed by atoms with Crippen molar-refractivity contribution in [1.82, 2.24) is 10.2 Å². The molecular weight excluding hydrogens is 466 g/mol. The maximum absolute atomic E-state index is 13.4. The summed E-state index contributed by atoms with van der Waals surface area (Å²) in [5, 5.41) is 6.34. The number of nitrogens with one attached hydrogen (secondary N) is 2. The summed E-state index contributed by atoms with van der Waals surface area (Å²) in [5.41, 5.74) is 0.925. The molecule has 2 amide bonds. The van der Waals surface area contributed by atoms with E-state index in [0.717, 1.165) is 55.5 Å². The van der Waals surface area contributed by atoms with Gasteiger partial charge in [-0.2, -0.15) is 0 Å². The lowest BCUT2D eigenvalue weighted by molar-refractivity contribution is -0.133. The largest absolute Gasteiger partial charge is 0.353 e. The Bertz CT molecular complexity index is 860. The Kier molecular flexibility index (Phi) is 7.11. The molecule has 3 aliphatic rings. The molecule has 0 radical (unpaired) electrons. The molecule has 0 saturated heterocycles. The summed E-state index contributed by atoms with van der Waals surface area (Å²) < 4.78 is 0.975. The summed E-state index contributed by atoms with van der Waals surface area (Å²) in [7, 11) is 0. The Labute approximate surface area is 200 Å². The molecule has 0 heterocycles. The van der Waals surface area contributed by atoms with Gasteiger partial charge in [0.15, 0.2) is 0 Å². The minimum atomic E-state index is -0.293. The first-order valence-corrected chi connectivity index (χ1v) is 13.0. The predicted molar refractivity (Wildman–Crippen MR) is 132 cm³/mol. The number of nitrogens with zero attached hydrogens (tertiary/aromatic N) is 1. The Balaban J connectivity index is 1.41. The van der Waals surface area contributed by atoms with E-state index in [1.165, 1.54) is 0 Å². The van der Waals surface area contributed by atoms with Gasteiger partial charge in [0.1, 0.15) is 0 Å². The molecule has 1 aromatic rings. The third-order valence-electron chi connectivity index (χ3n) is 7.95. The van der Waals surface area contributed by atoms with Gasteiger partial charge in [-0.05, 0) is 93.8 Å². The molecular formula is C26H36BrN3O2. The van der Waals surface area contributed by atoms with Gasteiger partial charge in [-0.1, -0.05) is 41.9 Å². The molecule has 1 aromatic carbocycles. The van der Waals surface area contributed by atoms with Crippen molar-refractivity contribution in [1.29, 1.82) is 0 Å². The van der Waals surface area contributed by atoms with Gasteiger partial charge in [0, 0.05) is 16.2 Å². The molecule has 5 nitrogen and oxygen atoms in total. The van der Waals surface area contributed by atoms with Crippen LogP contribution in [0.5, 0.6) is 0 Å². The highest BCUT2D eigenvalue weighted by Crippen LogP contribution is 2.72. The highest BCUT2D eigenvalue weighted by atomic mass is 79.9. The van der Waals surface area contributed by atoms with Crippen molar-refractivity contribution >= 4 is 33.4 Å². The quantitative estimate of drug-likeness (QED) is 0.450. The molecule has 0 aromatic heterocycles. The van der Waals surface area contributed by atoms with Gasteiger partial charge in [0.05, 0.1) is 11.8 Å². The number of halogens is 1. The highest BCUT2D eigenvalue weighted by molar-refractivity contribution is 9.10. The first kappa shape index (κ1) is 23.5. The number of hydrogen-bond donors (Lipinski definition) is 2. The summed E-state index contributed by atoms with van der Waals surface area (Å²) >= 11 is 3.44.